The quantitative estimate of drug-likeness (QED) is 0.886. The highest BCUT2D eigenvalue weighted by Gasteiger charge is 2.15. The Morgan fingerprint density at radius 3 is 2.59 bits per heavy atom. The van der Waals surface area contributed by atoms with Crippen LogP contribution in [0.5, 0.6) is 0 Å². The number of hydrogen-bond acceptors (Lipinski definition) is 4. The smallest absolute Gasteiger partial charge is 0.319 e. The average molecular weight is 302 g/mol. The molecule has 2 aromatic rings. The van der Waals surface area contributed by atoms with Crippen molar-refractivity contribution in [1.82, 2.24) is 10.5 Å². The van der Waals surface area contributed by atoms with Gasteiger partial charge in [-0.15, -0.1) is 0 Å². The molecule has 0 fully saturated rings. The van der Waals surface area contributed by atoms with Crippen molar-refractivity contribution < 1.29 is 14.1 Å². The van der Waals surface area contributed by atoms with E-state index >= 15 is 0 Å². The molecule has 0 radical (unpaired) electrons. The second-order valence-electron chi connectivity index (χ2n) is 4.71. The van der Waals surface area contributed by atoms with Gasteiger partial charge in [0.2, 0.25) is 5.91 Å². The molecule has 2 N–H and O–H groups in total. The largest absolute Gasteiger partial charge is 0.360 e. The lowest BCUT2D eigenvalue weighted by atomic mass is 10.3. The van der Waals surface area contributed by atoms with Gasteiger partial charge in [-0.05, 0) is 19.1 Å². The van der Waals surface area contributed by atoms with Crippen molar-refractivity contribution in [1.29, 1.82) is 0 Å². The van der Waals surface area contributed by atoms with Crippen LogP contribution in [0.15, 0.2) is 40.9 Å². The zero-order valence-corrected chi connectivity index (χ0v) is 12.5. The number of amides is 3. The van der Waals surface area contributed by atoms with E-state index in [9.17, 15) is 9.59 Å². The number of aromatic nitrogens is 1. The first-order valence-electron chi connectivity index (χ1n) is 6.87. The van der Waals surface area contributed by atoms with Crippen molar-refractivity contribution in [2.75, 3.05) is 23.3 Å². The summed E-state index contributed by atoms with van der Waals surface area (Å²) >= 11 is 0. The van der Waals surface area contributed by atoms with Gasteiger partial charge in [0, 0.05) is 31.8 Å². The van der Waals surface area contributed by atoms with Gasteiger partial charge in [-0.1, -0.05) is 23.4 Å². The topological polar surface area (TPSA) is 87.5 Å². The maximum atomic E-state index is 11.7. The van der Waals surface area contributed by atoms with E-state index in [0.29, 0.717) is 30.4 Å². The molecule has 1 heterocycles. The van der Waals surface area contributed by atoms with E-state index in [1.165, 1.54) is 11.8 Å². The van der Waals surface area contributed by atoms with Crippen molar-refractivity contribution in [2.24, 2.45) is 0 Å². The van der Waals surface area contributed by atoms with Crippen LogP contribution in [-0.2, 0) is 4.79 Å². The highest BCUT2D eigenvalue weighted by molar-refractivity contribution is 5.91. The third-order valence-corrected chi connectivity index (χ3v) is 2.92. The summed E-state index contributed by atoms with van der Waals surface area (Å²) in [6, 6.07) is 10.5. The molecular formula is C15H18N4O3. The molecule has 0 saturated heterocycles. The number of para-hydroxylation sites is 1. The van der Waals surface area contributed by atoms with Gasteiger partial charge in [-0.3, -0.25) is 9.69 Å². The van der Waals surface area contributed by atoms with Gasteiger partial charge < -0.3 is 15.2 Å². The van der Waals surface area contributed by atoms with Crippen LogP contribution >= 0.6 is 0 Å². The standard InChI is InChI=1S/C15H18N4O3/c1-11-10-14(18-22-11)19(12(2)20)9-8-16-15(21)17-13-6-4-3-5-7-13/h3-7,10H,8-9H2,1-2H3,(H2,16,17,21). The highest BCUT2D eigenvalue weighted by Crippen LogP contribution is 2.13. The summed E-state index contributed by atoms with van der Waals surface area (Å²) in [5.41, 5.74) is 0.704. The number of anilines is 2. The number of carbonyl (C=O) groups excluding carboxylic acids is 2. The number of rotatable bonds is 5. The third kappa shape index (κ3) is 4.34. The third-order valence-electron chi connectivity index (χ3n) is 2.92. The summed E-state index contributed by atoms with van der Waals surface area (Å²) < 4.78 is 4.96. The lowest BCUT2D eigenvalue weighted by Gasteiger charge is -2.17. The first-order chi connectivity index (χ1) is 10.6. The van der Waals surface area contributed by atoms with Crippen LogP contribution in [0, 0.1) is 6.92 Å². The molecular weight excluding hydrogens is 284 g/mol. The summed E-state index contributed by atoms with van der Waals surface area (Å²) in [5.74, 6) is 0.893. The number of aryl methyl sites for hydroxylation is 1. The van der Waals surface area contributed by atoms with Crippen molar-refractivity contribution in [3.05, 3.63) is 42.2 Å². The predicted octanol–water partition coefficient (Wildman–Crippen LogP) is 2.16. The van der Waals surface area contributed by atoms with Crippen molar-refractivity contribution in [3.63, 3.8) is 0 Å². The molecule has 7 nitrogen and oxygen atoms in total. The zero-order chi connectivity index (χ0) is 15.9. The summed E-state index contributed by atoms with van der Waals surface area (Å²) in [4.78, 5) is 24.8. The monoisotopic (exact) mass is 302 g/mol. The van der Waals surface area contributed by atoms with Crippen LogP contribution in [0.2, 0.25) is 0 Å². The molecule has 0 bridgehead atoms. The number of urea groups is 1. The molecule has 0 aliphatic heterocycles. The van der Waals surface area contributed by atoms with Gasteiger partial charge in [0.1, 0.15) is 5.76 Å². The summed E-state index contributed by atoms with van der Waals surface area (Å²) in [5, 5.41) is 9.20. The molecule has 2 rings (SSSR count). The molecule has 22 heavy (non-hydrogen) atoms. The van der Waals surface area contributed by atoms with Gasteiger partial charge in [0.15, 0.2) is 5.82 Å². The van der Waals surface area contributed by atoms with Crippen LogP contribution in [0.25, 0.3) is 0 Å². The van der Waals surface area contributed by atoms with Crippen molar-refractivity contribution in [2.45, 2.75) is 13.8 Å². The van der Waals surface area contributed by atoms with E-state index in [4.69, 9.17) is 4.52 Å². The van der Waals surface area contributed by atoms with Crippen LogP contribution < -0.4 is 15.5 Å². The molecule has 0 aliphatic carbocycles. The summed E-state index contributed by atoms with van der Waals surface area (Å²) in [7, 11) is 0. The molecule has 0 spiro atoms. The fraction of sp³-hybridized carbons (Fsp3) is 0.267. The maximum absolute atomic E-state index is 11.7. The van der Waals surface area contributed by atoms with Crippen LogP contribution in [0.4, 0.5) is 16.3 Å². The molecule has 1 aromatic heterocycles. The minimum absolute atomic E-state index is 0.168. The lowest BCUT2D eigenvalue weighted by molar-refractivity contribution is -0.116. The van der Waals surface area contributed by atoms with Crippen LogP contribution in [0.3, 0.4) is 0 Å². The van der Waals surface area contributed by atoms with E-state index in [1.54, 1.807) is 25.1 Å². The van der Waals surface area contributed by atoms with E-state index in [2.05, 4.69) is 15.8 Å². The Hall–Kier alpha value is -2.83. The summed E-state index contributed by atoms with van der Waals surface area (Å²) in [6.45, 7) is 3.79. The first-order valence-corrected chi connectivity index (χ1v) is 6.87. The van der Waals surface area contributed by atoms with Crippen molar-refractivity contribution >= 4 is 23.4 Å². The number of nitrogens with one attached hydrogen (secondary N) is 2. The van der Waals surface area contributed by atoms with Gasteiger partial charge >= 0.3 is 6.03 Å². The van der Waals surface area contributed by atoms with E-state index in [1.807, 2.05) is 18.2 Å². The Morgan fingerprint density at radius 1 is 1.27 bits per heavy atom. The Bertz CT molecular complexity index is 639. The van der Waals surface area contributed by atoms with Gasteiger partial charge in [-0.25, -0.2) is 4.79 Å². The minimum Gasteiger partial charge on any atom is -0.360 e. The number of benzene rings is 1. The van der Waals surface area contributed by atoms with E-state index < -0.39 is 0 Å². The predicted molar refractivity (Wildman–Crippen MR) is 82.7 cm³/mol. The molecule has 7 heteroatoms. The van der Waals surface area contributed by atoms with Gasteiger partial charge in [-0.2, -0.15) is 0 Å². The normalized spacial score (nSPS) is 10.1. The van der Waals surface area contributed by atoms with Crippen LogP contribution in [-0.4, -0.2) is 30.2 Å². The molecule has 0 atom stereocenters. The van der Waals surface area contributed by atoms with Crippen LogP contribution in [0.1, 0.15) is 12.7 Å². The summed E-state index contributed by atoms with van der Waals surface area (Å²) in [6.07, 6.45) is 0. The first kappa shape index (κ1) is 15.6. The molecule has 1 aromatic carbocycles. The Labute approximate surface area is 128 Å². The molecule has 0 saturated carbocycles. The second kappa shape index (κ2) is 7.26. The molecule has 0 aliphatic rings. The SMILES string of the molecule is CC(=O)N(CCNC(=O)Nc1ccccc1)c1cc(C)on1. The minimum atomic E-state index is -0.328. The van der Waals surface area contributed by atoms with Crippen molar-refractivity contribution in [3.8, 4) is 0 Å². The highest BCUT2D eigenvalue weighted by atomic mass is 16.5. The fourth-order valence-corrected chi connectivity index (χ4v) is 1.89. The molecule has 0 unspecified atom stereocenters. The Morgan fingerprint density at radius 2 is 2.00 bits per heavy atom. The fourth-order valence-electron chi connectivity index (χ4n) is 1.89. The Balaban J connectivity index is 1.83. The molecule has 3 amide bonds. The number of carbonyl (C=O) groups is 2. The van der Waals surface area contributed by atoms with Gasteiger partial charge in [0.25, 0.3) is 0 Å². The maximum Gasteiger partial charge on any atom is 0.319 e. The number of hydrogen-bond donors (Lipinski definition) is 2. The van der Waals surface area contributed by atoms with Gasteiger partial charge in [0.05, 0.1) is 0 Å². The average Bonchev–Trinajstić information content (AvgIpc) is 2.90. The van der Waals surface area contributed by atoms with E-state index in [0.717, 1.165) is 0 Å². The second-order valence-corrected chi connectivity index (χ2v) is 4.71. The lowest BCUT2D eigenvalue weighted by Crippen LogP contribution is -2.39. The zero-order valence-electron chi connectivity index (χ0n) is 12.5. The number of nitrogens with zero attached hydrogens (tertiary/aromatic N) is 2. The molecule has 116 valence electrons. The Kier molecular flexibility index (Phi) is 5.13. The van der Waals surface area contributed by atoms with E-state index in [-0.39, 0.29) is 11.9 Å².